The number of halogens is 4. The van der Waals surface area contributed by atoms with Gasteiger partial charge < -0.3 is 13.5 Å². The number of hydrogen-bond donors (Lipinski definition) is 0. The molecule has 1 aliphatic heterocycles. The smallest absolute Gasteiger partial charge is 0.373 e. The number of fused-ring (bicyclic) bond motifs is 1. The average Bonchev–Trinajstić information content (AvgIpc) is 2.90. The summed E-state index contributed by atoms with van der Waals surface area (Å²) in [5, 5.41) is 3.80. The Morgan fingerprint density at radius 3 is 2.62 bits per heavy atom. The number of aromatic nitrogens is 3. The van der Waals surface area contributed by atoms with Crippen molar-refractivity contribution < 1.29 is 34.9 Å². The fraction of sp³-hybridized carbons (Fsp3) is 0.538. The number of ether oxygens (including phenoxy) is 1. The van der Waals surface area contributed by atoms with E-state index in [9.17, 15) is 30.8 Å². The van der Waals surface area contributed by atoms with E-state index in [2.05, 4.69) is 9.28 Å². The summed E-state index contributed by atoms with van der Waals surface area (Å²) in [7, 11) is -4.88. The van der Waals surface area contributed by atoms with E-state index in [1.54, 1.807) is 0 Å². The van der Waals surface area contributed by atoms with Crippen LogP contribution in [-0.4, -0.2) is 34.9 Å². The third-order valence-corrected chi connectivity index (χ3v) is 4.86. The molecular formula is C13H13F4N3O5S. The Kier molecular flexibility index (Phi) is 4.46. The molecule has 1 aliphatic rings. The molecule has 0 amide bonds. The van der Waals surface area contributed by atoms with Crippen molar-refractivity contribution in [1.29, 1.82) is 0 Å². The van der Waals surface area contributed by atoms with E-state index in [-0.39, 0.29) is 0 Å². The highest BCUT2D eigenvalue weighted by molar-refractivity contribution is 7.88. The summed E-state index contributed by atoms with van der Waals surface area (Å²) in [4.78, 5) is 11.9. The Hall–Kier alpha value is -2.15. The Labute approximate surface area is 144 Å². The maximum Gasteiger partial charge on any atom is 0.534 e. The van der Waals surface area contributed by atoms with Gasteiger partial charge in [-0.1, -0.05) is 0 Å². The van der Waals surface area contributed by atoms with Gasteiger partial charge in [-0.2, -0.15) is 31.1 Å². The van der Waals surface area contributed by atoms with E-state index in [4.69, 9.17) is 4.74 Å². The van der Waals surface area contributed by atoms with Crippen molar-refractivity contribution in [3.8, 4) is 5.75 Å². The number of alkyl halides is 3. The van der Waals surface area contributed by atoms with Crippen LogP contribution in [0.4, 0.5) is 17.6 Å². The van der Waals surface area contributed by atoms with E-state index in [0.717, 1.165) is 15.7 Å². The molecular weight excluding hydrogens is 386 g/mol. The number of hydrogen-bond acceptors (Lipinski definition) is 6. The Morgan fingerprint density at radius 2 is 2.04 bits per heavy atom. The molecule has 2 aromatic rings. The highest BCUT2D eigenvalue weighted by Crippen LogP contribution is 2.33. The van der Waals surface area contributed by atoms with E-state index < -0.39 is 50.1 Å². The standard InChI is InChI=1S/C13H13F4N3O5S/c1-19-8(21)6-7(25-26(22,23)13(15,16)17)10-11(19)12(14)20(18-10)9-4-2-3-5-24-9/h6,9H,2-5H2,1H3. The van der Waals surface area contributed by atoms with Crippen LogP contribution < -0.4 is 9.74 Å². The SMILES string of the molecule is Cn1c(=O)cc(OS(=O)(=O)C(F)(F)F)c2nn(C3CCCCO3)c(F)c21. The normalized spacial score (nSPS) is 19.0. The highest BCUT2D eigenvalue weighted by Gasteiger charge is 2.49. The molecule has 0 saturated carbocycles. The molecule has 26 heavy (non-hydrogen) atoms. The highest BCUT2D eigenvalue weighted by atomic mass is 32.2. The van der Waals surface area contributed by atoms with Crippen LogP contribution in [0.2, 0.25) is 0 Å². The van der Waals surface area contributed by atoms with E-state index >= 15 is 0 Å². The number of nitrogens with zero attached hydrogens (tertiary/aromatic N) is 3. The zero-order chi connectivity index (χ0) is 19.3. The first-order valence-corrected chi connectivity index (χ1v) is 8.84. The van der Waals surface area contributed by atoms with Gasteiger partial charge in [0.25, 0.3) is 5.56 Å². The van der Waals surface area contributed by atoms with Gasteiger partial charge in [-0.05, 0) is 19.3 Å². The molecule has 3 rings (SSSR count). The van der Waals surface area contributed by atoms with Crippen molar-refractivity contribution in [1.82, 2.24) is 14.3 Å². The van der Waals surface area contributed by atoms with Crippen molar-refractivity contribution in [3.63, 3.8) is 0 Å². The molecule has 0 N–H and O–H groups in total. The fourth-order valence-corrected chi connectivity index (χ4v) is 3.05. The van der Waals surface area contributed by atoms with Gasteiger partial charge >= 0.3 is 15.6 Å². The summed E-state index contributed by atoms with van der Waals surface area (Å²) in [6.07, 6.45) is 1.05. The van der Waals surface area contributed by atoms with E-state index in [1.807, 2.05) is 0 Å². The molecule has 8 nitrogen and oxygen atoms in total. The van der Waals surface area contributed by atoms with Crippen LogP contribution in [-0.2, 0) is 21.9 Å². The predicted molar refractivity (Wildman–Crippen MR) is 79.4 cm³/mol. The molecule has 1 saturated heterocycles. The molecule has 0 aliphatic carbocycles. The molecule has 1 fully saturated rings. The average molecular weight is 399 g/mol. The van der Waals surface area contributed by atoms with Crippen LogP contribution in [0.1, 0.15) is 25.5 Å². The molecule has 144 valence electrons. The summed E-state index contributed by atoms with van der Waals surface area (Å²) in [6, 6.07) is 0.504. The monoisotopic (exact) mass is 399 g/mol. The summed E-state index contributed by atoms with van der Waals surface area (Å²) in [5.74, 6) is -2.05. The van der Waals surface area contributed by atoms with Crippen molar-refractivity contribution in [2.45, 2.75) is 31.0 Å². The number of pyridine rings is 1. The lowest BCUT2D eigenvalue weighted by molar-refractivity contribution is -0.0500. The minimum atomic E-state index is -6.05. The van der Waals surface area contributed by atoms with Crippen LogP contribution in [0, 0.1) is 5.95 Å². The maximum absolute atomic E-state index is 14.7. The number of aryl methyl sites for hydroxylation is 1. The number of rotatable bonds is 3. The Balaban J connectivity index is 2.19. The van der Waals surface area contributed by atoms with Gasteiger partial charge in [0.05, 0.1) is 0 Å². The van der Waals surface area contributed by atoms with Gasteiger partial charge in [0.2, 0.25) is 5.95 Å². The van der Waals surface area contributed by atoms with Gasteiger partial charge in [-0.15, -0.1) is 0 Å². The molecule has 13 heteroatoms. The van der Waals surface area contributed by atoms with Crippen LogP contribution in [0.5, 0.6) is 5.75 Å². The van der Waals surface area contributed by atoms with Gasteiger partial charge in [0.15, 0.2) is 17.5 Å². The molecule has 0 bridgehead atoms. The quantitative estimate of drug-likeness (QED) is 0.444. The van der Waals surface area contributed by atoms with Crippen LogP contribution in [0.25, 0.3) is 11.0 Å². The first kappa shape index (κ1) is 18.6. The maximum atomic E-state index is 14.7. The molecule has 0 aromatic carbocycles. The van der Waals surface area contributed by atoms with Crippen molar-refractivity contribution in [2.24, 2.45) is 7.05 Å². The van der Waals surface area contributed by atoms with Gasteiger partial charge in [0.1, 0.15) is 5.52 Å². The minimum Gasteiger partial charge on any atom is -0.373 e. The molecule has 0 spiro atoms. The molecule has 1 atom stereocenters. The van der Waals surface area contributed by atoms with Crippen molar-refractivity contribution in [3.05, 3.63) is 22.4 Å². The molecule has 0 radical (unpaired) electrons. The zero-order valence-electron chi connectivity index (χ0n) is 13.3. The summed E-state index contributed by atoms with van der Waals surface area (Å²) in [5.41, 5.74) is -7.70. The van der Waals surface area contributed by atoms with E-state index in [0.29, 0.717) is 25.5 Å². The van der Waals surface area contributed by atoms with E-state index in [1.165, 1.54) is 7.05 Å². The molecule has 3 heterocycles. The van der Waals surface area contributed by atoms with Crippen LogP contribution in [0.15, 0.2) is 10.9 Å². The summed E-state index contributed by atoms with van der Waals surface area (Å²) >= 11 is 0. The first-order chi connectivity index (χ1) is 12.0. The van der Waals surface area contributed by atoms with Crippen LogP contribution in [0.3, 0.4) is 0 Å². The summed E-state index contributed by atoms with van der Waals surface area (Å²) < 4.78 is 85.9. The van der Waals surface area contributed by atoms with Crippen LogP contribution >= 0.6 is 0 Å². The lowest BCUT2D eigenvalue weighted by Gasteiger charge is -2.22. The summed E-state index contributed by atoms with van der Waals surface area (Å²) in [6.45, 7) is 0.338. The molecule has 2 aromatic heterocycles. The van der Waals surface area contributed by atoms with Gasteiger partial charge in [-0.25, -0.2) is 4.68 Å². The second kappa shape index (κ2) is 6.23. The third-order valence-electron chi connectivity index (χ3n) is 3.89. The minimum absolute atomic E-state index is 0.338. The topological polar surface area (TPSA) is 92.4 Å². The predicted octanol–water partition coefficient (Wildman–Crippen LogP) is 1.80. The zero-order valence-corrected chi connectivity index (χ0v) is 14.1. The molecule has 1 unspecified atom stereocenters. The Bertz CT molecular complexity index is 1010. The largest absolute Gasteiger partial charge is 0.534 e. The Morgan fingerprint density at radius 1 is 1.35 bits per heavy atom. The van der Waals surface area contributed by atoms with Crippen molar-refractivity contribution in [2.75, 3.05) is 6.61 Å². The van der Waals surface area contributed by atoms with Gasteiger partial charge in [0, 0.05) is 19.7 Å². The van der Waals surface area contributed by atoms with Crippen molar-refractivity contribution >= 4 is 21.2 Å². The third kappa shape index (κ3) is 3.05. The second-order valence-corrected chi connectivity index (χ2v) is 7.18. The second-order valence-electron chi connectivity index (χ2n) is 5.64. The first-order valence-electron chi connectivity index (χ1n) is 7.43. The lowest BCUT2D eigenvalue weighted by Crippen LogP contribution is -2.29. The van der Waals surface area contributed by atoms with Gasteiger partial charge in [-0.3, -0.25) is 4.79 Å². The lowest BCUT2D eigenvalue weighted by atomic mass is 10.2. The fourth-order valence-electron chi connectivity index (χ4n) is 2.59.